The van der Waals surface area contributed by atoms with Crippen molar-refractivity contribution < 1.29 is 30.0 Å². The summed E-state index contributed by atoms with van der Waals surface area (Å²) < 4.78 is 0. The third kappa shape index (κ3) is 6.80. The van der Waals surface area contributed by atoms with Crippen molar-refractivity contribution in [3.63, 3.8) is 0 Å². The summed E-state index contributed by atoms with van der Waals surface area (Å²) in [4.78, 5) is 29.8. The fourth-order valence-corrected chi connectivity index (χ4v) is 7.13. The largest absolute Gasteiger partial charge is 0.477 e. The molecule has 271 valence electrons. The molecule has 0 unspecified atom stereocenters. The molecule has 11 aromatic rings. The first-order valence-electron chi connectivity index (χ1n) is 17.8. The Morgan fingerprint density at radius 3 is 1.36 bits per heavy atom. The van der Waals surface area contributed by atoms with E-state index in [0.717, 1.165) is 55.1 Å². The van der Waals surface area contributed by atoms with Crippen LogP contribution in [-0.4, -0.2) is 36.0 Å². The molecule has 0 aliphatic rings. The zero-order valence-corrected chi connectivity index (χ0v) is 32.1. The van der Waals surface area contributed by atoms with Crippen LogP contribution in [0.25, 0.3) is 87.4 Å². The quantitative estimate of drug-likeness (QED) is 0.153. The Labute approximate surface area is 335 Å². The fourth-order valence-electron chi connectivity index (χ4n) is 7.13. The third-order valence-electron chi connectivity index (χ3n) is 9.65. The number of pyridine rings is 3. The topological polar surface area (TPSA) is 108 Å². The number of carboxylic acid groups (broad SMARTS) is 1. The number of carbonyl (C=O) groups is 1. The molecule has 3 N–H and O–H groups in total. The van der Waals surface area contributed by atoms with E-state index in [0.29, 0.717) is 0 Å². The number of nitrogens with zero attached hydrogens (tertiary/aromatic N) is 3. The maximum atomic E-state index is 10.1. The van der Waals surface area contributed by atoms with E-state index in [1.165, 1.54) is 44.6 Å². The van der Waals surface area contributed by atoms with Gasteiger partial charge in [0, 0.05) is 50.1 Å². The average Bonchev–Trinajstić information content (AvgIpc) is 3.96. The number of hydrogen-bond acceptors (Lipinski definition) is 4. The van der Waals surface area contributed by atoms with Crippen LogP contribution < -0.4 is 0 Å². The summed E-state index contributed by atoms with van der Waals surface area (Å²) in [6.07, 6.45) is 9.16. The number of H-pyrrole nitrogens is 2. The minimum Gasteiger partial charge on any atom is -0.477 e. The van der Waals surface area contributed by atoms with Crippen LogP contribution in [-0.2, 0) is 20.1 Å². The molecule has 0 saturated heterocycles. The summed E-state index contributed by atoms with van der Waals surface area (Å²) in [6, 6.07) is 53.7. The van der Waals surface area contributed by atoms with E-state index < -0.39 is 5.97 Å². The number of aromatic amines is 2. The molecule has 7 nitrogen and oxygen atoms in total. The summed E-state index contributed by atoms with van der Waals surface area (Å²) >= 11 is 0. The van der Waals surface area contributed by atoms with E-state index in [2.05, 4.69) is 146 Å². The van der Waals surface area contributed by atoms with Crippen molar-refractivity contribution in [1.29, 1.82) is 0 Å². The zero-order valence-electron chi connectivity index (χ0n) is 29.7. The first kappa shape index (κ1) is 36.0. The molecule has 5 heterocycles. The molecule has 8 heteroatoms. The second kappa shape index (κ2) is 15.8. The van der Waals surface area contributed by atoms with Gasteiger partial charge in [-0.05, 0) is 69.2 Å². The van der Waals surface area contributed by atoms with Crippen LogP contribution in [0, 0.1) is 12.1 Å². The standard InChI is InChI=1S/2C21H13N2.C6H5NO2.Ir/c2*1-4-8-17-14(5-1)9-11-22-20(17)19-13-15-6-2-3-7-16(15)18-10-12-23-21(18)19;8-6(9)5-3-1-2-4-7-5;/h2*1-12,23H;1-4H,(H,8,9);/q2*-1;;. The van der Waals surface area contributed by atoms with Gasteiger partial charge in [0.25, 0.3) is 0 Å². The number of aromatic nitrogens is 5. The van der Waals surface area contributed by atoms with Crippen LogP contribution in [0.1, 0.15) is 10.5 Å². The smallest absolute Gasteiger partial charge is 0.354 e. The molecule has 11 rings (SSSR count). The van der Waals surface area contributed by atoms with Crippen molar-refractivity contribution in [3.05, 3.63) is 188 Å². The van der Waals surface area contributed by atoms with Gasteiger partial charge in [-0.1, -0.05) is 136 Å². The van der Waals surface area contributed by atoms with Gasteiger partial charge in [0.15, 0.2) is 0 Å². The molecule has 56 heavy (non-hydrogen) atoms. The number of rotatable bonds is 3. The van der Waals surface area contributed by atoms with E-state index >= 15 is 0 Å². The normalized spacial score (nSPS) is 10.9. The Morgan fingerprint density at radius 2 is 0.911 bits per heavy atom. The molecule has 0 amide bonds. The molecule has 0 aliphatic carbocycles. The molecular formula is C48H31IrN5O2-2. The Bertz CT molecular complexity index is 2960. The number of fused-ring (bicyclic) bond motifs is 8. The zero-order chi connectivity index (χ0) is 37.1. The van der Waals surface area contributed by atoms with Crippen molar-refractivity contribution in [2.45, 2.75) is 0 Å². The molecule has 5 aromatic heterocycles. The van der Waals surface area contributed by atoms with Gasteiger partial charge in [-0.25, -0.2) is 9.78 Å². The van der Waals surface area contributed by atoms with E-state index in [9.17, 15) is 4.79 Å². The average molecular weight is 902 g/mol. The fraction of sp³-hybridized carbons (Fsp3) is 0. The number of benzene rings is 6. The van der Waals surface area contributed by atoms with E-state index in [1.807, 2.05) is 36.9 Å². The number of aromatic carboxylic acids is 1. The van der Waals surface area contributed by atoms with Gasteiger partial charge in [0.05, 0.1) is 0 Å². The molecule has 0 spiro atoms. The predicted octanol–water partition coefficient (Wildman–Crippen LogP) is 11.5. The van der Waals surface area contributed by atoms with Crippen molar-refractivity contribution >= 4 is 70.9 Å². The molecule has 1 radical (unpaired) electrons. The molecule has 0 aliphatic heterocycles. The van der Waals surface area contributed by atoms with Gasteiger partial charge in [-0.2, -0.15) is 0 Å². The van der Waals surface area contributed by atoms with Gasteiger partial charge in [0.2, 0.25) is 0 Å². The van der Waals surface area contributed by atoms with Crippen LogP contribution >= 0.6 is 0 Å². The Kier molecular flexibility index (Phi) is 10.1. The maximum Gasteiger partial charge on any atom is 0.354 e. The number of hydrogen-bond donors (Lipinski definition) is 3. The molecule has 0 bridgehead atoms. The van der Waals surface area contributed by atoms with Crippen LogP contribution in [0.15, 0.2) is 171 Å². The van der Waals surface area contributed by atoms with Crippen molar-refractivity contribution in [2.24, 2.45) is 0 Å². The maximum absolute atomic E-state index is 10.1. The molecule has 6 aromatic carbocycles. The minimum atomic E-state index is -0.990. The van der Waals surface area contributed by atoms with Crippen LogP contribution in [0.3, 0.4) is 0 Å². The summed E-state index contributed by atoms with van der Waals surface area (Å²) in [6.45, 7) is 0. The monoisotopic (exact) mass is 902 g/mol. The molecule has 0 saturated carbocycles. The molecule has 0 fully saturated rings. The first-order chi connectivity index (χ1) is 27.1. The summed E-state index contributed by atoms with van der Waals surface area (Å²) in [5, 5.41) is 20.1. The summed E-state index contributed by atoms with van der Waals surface area (Å²) in [5.74, 6) is -0.990. The van der Waals surface area contributed by atoms with Crippen molar-refractivity contribution in [1.82, 2.24) is 24.9 Å². The van der Waals surface area contributed by atoms with E-state index in [1.54, 1.807) is 12.1 Å². The Balaban J connectivity index is 0.000000128. The van der Waals surface area contributed by atoms with Crippen molar-refractivity contribution in [3.8, 4) is 22.5 Å². The SMILES string of the molecule is O=C(O)c1ccccn1.[Ir].[c-]1c(-c2nccc3ccccc23)c2[nH]ccc2c2ccccc12.[c-]1c(-c2nccc3ccccc23)c2[nH]ccc2c2ccccc12. The van der Waals surface area contributed by atoms with Crippen molar-refractivity contribution in [2.75, 3.05) is 0 Å². The summed E-state index contributed by atoms with van der Waals surface area (Å²) in [5.41, 5.74) is 6.27. The first-order valence-corrected chi connectivity index (χ1v) is 17.8. The Morgan fingerprint density at radius 1 is 0.464 bits per heavy atom. The summed E-state index contributed by atoms with van der Waals surface area (Å²) in [7, 11) is 0. The second-order valence-corrected chi connectivity index (χ2v) is 12.9. The van der Waals surface area contributed by atoms with Gasteiger partial charge in [-0.15, -0.1) is 35.0 Å². The van der Waals surface area contributed by atoms with Crippen LogP contribution in [0.2, 0.25) is 0 Å². The van der Waals surface area contributed by atoms with Gasteiger partial charge >= 0.3 is 5.97 Å². The van der Waals surface area contributed by atoms with Gasteiger partial charge in [0.1, 0.15) is 5.69 Å². The van der Waals surface area contributed by atoms with E-state index in [-0.39, 0.29) is 25.8 Å². The minimum absolute atomic E-state index is 0. The van der Waals surface area contributed by atoms with Gasteiger partial charge in [-0.3, -0.25) is 9.97 Å². The molecular weight excluding hydrogens is 871 g/mol. The Hall–Kier alpha value is -6.99. The van der Waals surface area contributed by atoms with E-state index in [4.69, 9.17) is 5.11 Å². The van der Waals surface area contributed by atoms with Gasteiger partial charge < -0.3 is 15.1 Å². The number of nitrogens with one attached hydrogen (secondary N) is 2. The third-order valence-corrected chi connectivity index (χ3v) is 9.65. The molecule has 0 atom stereocenters. The number of carboxylic acids is 1. The van der Waals surface area contributed by atoms with Crippen LogP contribution in [0.5, 0.6) is 0 Å². The van der Waals surface area contributed by atoms with Crippen LogP contribution in [0.4, 0.5) is 0 Å². The predicted molar refractivity (Wildman–Crippen MR) is 222 cm³/mol. The second-order valence-electron chi connectivity index (χ2n) is 12.9.